The van der Waals surface area contributed by atoms with Gasteiger partial charge in [0.2, 0.25) is 0 Å². The van der Waals surface area contributed by atoms with Gasteiger partial charge in [-0.1, -0.05) is 114 Å². The highest BCUT2D eigenvalue weighted by atomic mass is 15.0. The van der Waals surface area contributed by atoms with Crippen LogP contribution in [-0.4, -0.2) is 9.97 Å². The summed E-state index contributed by atoms with van der Waals surface area (Å²) in [6, 6.07) is 42.3. The molecule has 0 atom stereocenters. The van der Waals surface area contributed by atoms with Crippen LogP contribution in [0.15, 0.2) is 134 Å². The van der Waals surface area contributed by atoms with Gasteiger partial charge in [0.15, 0.2) is 0 Å². The van der Waals surface area contributed by atoms with Gasteiger partial charge in [0.25, 0.3) is 0 Å². The Morgan fingerprint density at radius 3 is 1.31 bits per heavy atom. The fourth-order valence-electron chi connectivity index (χ4n) is 5.32. The summed E-state index contributed by atoms with van der Waals surface area (Å²) in [7, 11) is 0. The lowest BCUT2D eigenvalue weighted by atomic mass is 9.86. The van der Waals surface area contributed by atoms with Crippen molar-refractivity contribution in [3.05, 3.63) is 156 Å². The Morgan fingerprint density at radius 1 is 0.417 bits per heavy atom. The molecule has 6 aromatic rings. The monoisotopic (exact) mass is 632 g/mol. The largest absolute Gasteiger partial charge is 0.340 e. The van der Waals surface area contributed by atoms with Crippen molar-refractivity contribution in [2.24, 2.45) is 0 Å². The van der Waals surface area contributed by atoms with E-state index >= 15 is 0 Å². The van der Waals surface area contributed by atoms with Gasteiger partial charge in [0, 0.05) is 23.8 Å². The van der Waals surface area contributed by atoms with Crippen LogP contribution in [0.2, 0.25) is 0 Å². The molecule has 0 saturated carbocycles. The molecule has 2 heterocycles. The summed E-state index contributed by atoms with van der Waals surface area (Å²) in [6.07, 6.45) is 3.70. The van der Waals surface area contributed by atoms with Crippen molar-refractivity contribution in [3.63, 3.8) is 0 Å². The van der Waals surface area contributed by atoms with Gasteiger partial charge < -0.3 is 10.6 Å². The predicted octanol–water partition coefficient (Wildman–Crippen LogP) is 12.2. The van der Waals surface area contributed by atoms with Crippen molar-refractivity contribution >= 4 is 23.0 Å². The summed E-state index contributed by atoms with van der Waals surface area (Å²) in [5, 5.41) is 6.75. The minimum absolute atomic E-state index is 0.173. The summed E-state index contributed by atoms with van der Waals surface area (Å²) in [4.78, 5) is 8.86. The molecule has 2 N–H and O–H groups in total. The third-order valence-corrected chi connectivity index (χ3v) is 8.51. The van der Waals surface area contributed by atoms with E-state index in [0.717, 1.165) is 23.0 Å². The summed E-state index contributed by atoms with van der Waals surface area (Å²) in [5.41, 5.74) is 12.5. The number of aryl methyl sites for hydroxylation is 2. The number of aromatic nitrogens is 2. The second kappa shape index (κ2) is 14.7. The maximum absolute atomic E-state index is 4.46. The molecule has 0 aliphatic heterocycles. The molecule has 6 rings (SSSR count). The van der Waals surface area contributed by atoms with Crippen molar-refractivity contribution in [1.29, 1.82) is 0 Å². The van der Waals surface area contributed by atoms with Gasteiger partial charge in [-0.3, -0.25) is 0 Å². The van der Waals surface area contributed by atoms with E-state index in [0.29, 0.717) is 0 Å². The topological polar surface area (TPSA) is 49.8 Å². The Labute approximate surface area is 287 Å². The number of hydrogen-bond donors (Lipinski definition) is 2. The average Bonchev–Trinajstić information content (AvgIpc) is 3.07. The standard InChI is InChI=1S/C23H26N2.C21H22N2/c1-16-6-11-21(14-17(16)2)25-22-15-19(12-13-24-22)18-7-9-20(10-8-18)23(3,4)5;1-21(2,3)18-11-9-16(10-12-18)17-13-14-22-20(15-17)23-19-7-5-4-6-8-19/h6-15H,1-5H3,(H,24,25);4-15H,1-3H3,(H,22,23). The molecule has 0 bridgehead atoms. The fraction of sp³-hybridized carbons (Fsp3) is 0.227. The maximum Gasteiger partial charge on any atom is 0.130 e. The number of benzene rings is 4. The number of pyridine rings is 2. The normalized spacial score (nSPS) is 11.3. The van der Waals surface area contributed by atoms with Crippen LogP contribution in [0, 0.1) is 13.8 Å². The van der Waals surface area contributed by atoms with Crippen LogP contribution in [0.4, 0.5) is 23.0 Å². The summed E-state index contributed by atoms with van der Waals surface area (Å²) < 4.78 is 0. The molecule has 0 fully saturated rings. The van der Waals surface area contributed by atoms with Gasteiger partial charge in [-0.25, -0.2) is 9.97 Å². The Kier molecular flexibility index (Phi) is 10.4. The molecule has 4 nitrogen and oxygen atoms in total. The van der Waals surface area contributed by atoms with Crippen molar-refractivity contribution < 1.29 is 0 Å². The highest BCUT2D eigenvalue weighted by Crippen LogP contribution is 2.29. The minimum atomic E-state index is 0.173. The molecule has 4 aromatic carbocycles. The van der Waals surface area contributed by atoms with Gasteiger partial charge in [0.1, 0.15) is 11.6 Å². The van der Waals surface area contributed by atoms with E-state index in [1.165, 1.54) is 44.5 Å². The highest BCUT2D eigenvalue weighted by molar-refractivity contribution is 5.70. The van der Waals surface area contributed by atoms with E-state index in [-0.39, 0.29) is 10.8 Å². The zero-order valence-electron chi connectivity index (χ0n) is 29.6. The van der Waals surface area contributed by atoms with Crippen molar-refractivity contribution in [3.8, 4) is 22.3 Å². The van der Waals surface area contributed by atoms with Gasteiger partial charge in [0.05, 0.1) is 0 Å². The number of nitrogens with zero attached hydrogens (tertiary/aromatic N) is 2. The second-order valence-electron chi connectivity index (χ2n) is 14.4. The molecule has 0 amide bonds. The van der Waals surface area contributed by atoms with E-state index in [4.69, 9.17) is 0 Å². The van der Waals surface area contributed by atoms with E-state index in [1.54, 1.807) is 0 Å². The van der Waals surface area contributed by atoms with E-state index in [2.05, 4.69) is 161 Å². The lowest BCUT2D eigenvalue weighted by molar-refractivity contribution is 0.590. The van der Waals surface area contributed by atoms with E-state index in [1.807, 2.05) is 48.8 Å². The van der Waals surface area contributed by atoms with E-state index < -0.39 is 0 Å². The molecule has 4 heteroatoms. The number of anilines is 4. The molecule has 0 spiro atoms. The van der Waals surface area contributed by atoms with Crippen molar-refractivity contribution in [1.82, 2.24) is 9.97 Å². The zero-order chi connectivity index (χ0) is 34.3. The fourth-order valence-corrected chi connectivity index (χ4v) is 5.32. The third kappa shape index (κ3) is 9.19. The molecule has 0 unspecified atom stereocenters. The summed E-state index contributed by atoms with van der Waals surface area (Å²) in [6.45, 7) is 17.7. The van der Waals surface area contributed by atoms with Gasteiger partial charge in [-0.15, -0.1) is 0 Å². The van der Waals surface area contributed by atoms with Crippen LogP contribution < -0.4 is 10.6 Å². The lowest BCUT2D eigenvalue weighted by Crippen LogP contribution is -2.10. The molecule has 0 aliphatic carbocycles. The SMILES string of the molecule is CC(C)(C)c1ccc(-c2ccnc(Nc3ccccc3)c2)cc1.Cc1ccc(Nc2cc(-c3ccc(C(C)(C)C)cc3)ccn2)cc1C. The number of nitrogens with one attached hydrogen (secondary N) is 2. The van der Waals surface area contributed by atoms with Gasteiger partial charge in [-0.05, 0) is 118 Å². The molecule has 0 aliphatic rings. The van der Waals surface area contributed by atoms with Crippen LogP contribution in [0.3, 0.4) is 0 Å². The Bertz CT molecular complexity index is 1930. The Balaban J connectivity index is 0.000000188. The molecule has 2 aromatic heterocycles. The average molecular weight is 633 g/mol. The smallest absolute Gasteiger partial charge is 0.130 e. The van der Waals surface area contributed by atoms with Gasteiger partial charge in [-0.2, -0.15) is 0 Å². The van der Waals surface area contributed by atoms with Crippen LogP contribution in [0.1, 0.15) is 63.8 Å². The molecule has 0 radical (unpaired) electrons. The Hall–Kier alpha value is -5.22. The van der Waals surface area contributed by atoms with Crippen molar-refractivity contribution in [2.45, 2.75) is 66.2 Å². The number of hydrogen-bond acceptors (Lipinski definition) is 4. The summed E-state index contributed by atoms with van der Waals surface area (Å²) >= 11 is 0. The first-order valence-corrected chi connectivity index (χ1v) is 16.7. The molecule has 48 heavy (non-hydrogen) atoms. The molecule has 244 valence electrons. The minimum Gasteiger partial charge on any atom is -0.340 e. The van der Waals surface area contributed by atoms with Crippen LogP contribution in [-0.2, 0) is 10.8 Å². The first kappa shape index (κ1) is 34.1. The second-order valence-corrected chi connectivity index (χ2v) is 14.4. The first-order valence-electron chi connectivity index (χ1n) is 16.7. The Morgan fingerprint density at radius 2 is 0.875 bits per heavy atom. The first-order chi connectivity index (χ1) is 22.8. The van der Waals surface area contributed by atoms with Crippen LogP contribution >= 0.6 is 0 Å². The highest BCUT2D eigenvalue weighted by Gasteiger charge is 2.14. The van der Waals surface area contributed by atoms with Crippen LogP contribution in [0.25, 0.3) is 22.3 Å². The molecular weight excluding hydrogens is 585 g/mol. The lowest BCUT2D eigenvalue weighted by Gasteiger charge is -2.19. The molecular formula is C44H48N4. The third-order valence-electron chi connectivity index (χ3n) is 8.51. The quantitative estimate of drug-likeness (QED) is 0.192. The zero-order valence-corrected chi connectivity index (χ0v) is 29.6. The van der Waals surface area contributed by atoms with E-state index in [9.17, 15) is 0 Å². The number of rotatable bonds is 6. The summed E-state index contributed by atoms with van der Waals surface area (Å²) in [5.74, 6) is 1.72. The van der Waals surface area contributed by atoms with Gasteiger partial charge >= 0.3 is 0 Å². The number of para-hydroxylation sites is 1. The van der Waals surface area contributed by atoms with Crippen LogP contribution in [0.5, 0.6) is 0 Å². The molecule has 0 saturated heterocycles. The van der Waals surface area contributed by atoms with Crippen molar-refractivity contribution in [2.75, 3.05) is 10.6 Å². The predicted molar refractivity (Wildman–Crippen MR) is 206 cm³/mol. The maximum atomic E-state index is 4.46.